The molecule has 29 heavy (non-hydrogen) atoms. The largest absolute Gasteiger partial charge is 0.487 e. The number of hydrogen-bond acceptors (Lipinski definition) is 5. The summed E-state index contributed by atoms with van der Waals surface area (Å²) in [5.74, 6) is 0.227. The molecule has 3 rings (SSSR count). The van der Waals surface area contributed by atoms with Crippen molar-refractivity contribution in [3.8, 4) is 5.75 Å². The molecule has 0 aliphatic heterocycles. The number of rotatable bonds is 5. The molecule has 0 atom stereocenters. The fourth-order valence-electron chi connectivity index (χ4n) is 2.30. The minimum Gasteiger partial charge on any atom is -0.487 e. The van der Waals surface area contributed by atoms with Gasteiger partial charge in [0.25, 0.3) is 0 Å². The molecular weight excluding hydrogens is 387 g/mol. The van der Waals surface area contributed by atoms with Crippen molar-refractivity contribution < 1.29 is 22.7 Å². The maximum atomic E-state index is 13.1. The van der Waals surface area contributed by atoms with Crippen LogP contribution in [0.15, 0.2) is 55.1 Å². The summed E-state index contributed by atoms with van der Waals surface area (Å²) in [7, 11) is 0. The molecule has 0 radical (unpaired) electrons. The number of carbonyl (C=O) groups is 1. The Kier molecular flexibility index (Phi) is 5.91. The van der Waals surface area contributed by atoms with E-state index < -0.39 is 17.8 Å². The van der Waals surface area contributed by atoms with Gasteiger partial charge in [0.15, 0.2) is 5.82 Å². The summed E-state index contributed by atoms with van der Waals surface area (Å²) in [6.07, 6.45) is 1.37. The number of aryl methyl sites for hydroxylation is 1. The number of anilines is 2. The monoisotopic (exact) mass is 403 g/mol. The first-order chi connectivity index (χ1) is 13.8. The van der Waals surface area contributed by atoms with Crippen molar-refractivity contribution in [3.63, 3.8) is 0 Å². The van der Waals surface area contributed by atoms with Crippen LogP contribution in [0.2, 0.25) is 0 Å². The number of ether oxygens (including phenoxy) is 1. The van der Waals surface area contributed by atoms with E-state index in [2.05, 4.69) is 25.6 Å². The highest BCUT2D eigenvalue weighted by Crippen LogP contribution is 2.35. The van der Waals surface area contributed by atoms with E-state index in [4.69, 9.17) is 4.74 Å². The smallest absolute Gasteiger partial charge is 0.416 e. The predicted octanol–water partition coefficient (Wildman–Crippen LogP) is 4.42. The van der Waals surface area contributed by atoms with Gasteiger partial charge in [0.05, 0.1) is 29.3 Å². The zero-order valence-corrected chi connectivity index (χ0v) is 15.2. The minimum absolute atomic E-state index is 0.0684. The molecule has 0 spiro atoms. The topological polar surface area (TPSA) is 89.0 Å². The number of urea groups is 1. The second-order valence-corrected chi connectivity index (χ2v) is 5.98. The lowest BCUT2D eigenvalue weighted by Crippen LogP contribution is -2.21. The maximum Gasteiger partial charge on any atom is 0.416 e. The van der Waals surface area contributed by atoms with E-state index in [0.717, 1.165) is 23.8 Å². The number of alkyl halides is 3. The molecule has 1 aromatic carbocycles. The molecule has 0 fully saturated rings. The Labute approximate surface area is 164 Å². The van der Waals surface area contributed by atoms with E-state index in [1.54, 1.807) is 31.5 Å². The van der Waals surface area contributed by atoms with Gasteiger partial charge in [-0.15, -0.1) is 0 Å². The van der Waals surface area contributed by atoms with Crippen molar-refractivity contribution in [1.82, 2.24) is 15.0 Å². The number of pyridine rings is 1. The van der Waals surface area contributed by atoms with Crippen LogP contribution in [0.25, 0.3) is 0 Å². The van der Waals surface area contributed by atoms with Gasteiger partial charge in [0.1, 0.15) is 12.4 Å². The standard InChI is InChI=1S/C19H16F3N5O2/c1-12-8-25-17(10-24-12)27-18(28)26-15-7-14(19(20,21)22)4-5-16(15)29-11-13-3-2-6-23-9-13/h2-10H,11H2,1H3,(H2,25,26,27,28). The summed E-state index contributed by atoms with van der Waals surface area (Å²) < 4.78 is 44.8. The first-order valence-electron chi connectivity index (χ1n) is 8.41. The van der Waals surface area contributed by atoms with Gasteiger partial charge in [-0.1, -0.05) is 6.07 Å². The highest BCUT2D eigenvalue weighted by Gasteiger charge is 2.31. The second kappa shape index (κ2) is 8.55. The van der Waals surface area contributed by atoms with Crippen molar-refractivity contribution in [2.24, 2.45) is 0 Å². The van der Waals surface area contributed by atoms with Gasteiger partial charge < -0.3 is 10.1 Å². The molecule has 2 N–H and O–H groups in total. The third-order valence-electron chi connectivity index (χ3n) is 3.69. The maximum absolute atomic E-state index is 13.1. The van der Waals surface area contributed by atoms with Crippen LogP contribution in [0.5, 0.6) is 5.75 Å². The molecule has 0 saturated carbocycles. The fourth-order valence-corrected chi connectivity index (χ4v) is 2.30. The van der Waals surface area contributed by atoms with Gasteiger partial charge in [0, 0.05) is 18.0 Å². The number of nitrogens with one attached hydrogen (secondary N) is 2. The van der Waals surface area contributed by atoms with E-state index in [9.17, 15) is 18.0 Å². The Balaban J connectivity index is 1.79. The number of hydrogen-bond donors (Lipinski definition) is 2. The zero-order valence-electron chi connectivity index (χ0n) is 15.2. The summed E-state index contributed by atoms with van der Waals surface area (Å²) in [5.41, 5.74) is 0.315. The normalized spacial score (nSPS) is 11.0. The van der Waals surface area contributed by atoms with E-state index in [-0.39, 0.29) is 23.9 Å². The number of aromatic nitrogens is 3. The van der Waals surface area contributed by atoms with Crippen LogP contribution in [0.1, 0.15) is 16.8 Å². The summed E-state index contributed by atoms with van der Waals surface area (Å²) >= 11 is 0. The van der Waals surface area contributed by atoms with Gasteiger partial charge >= 0.3 is 12.2 Å². The Morgan fingerprint density at radius 1 is 1.10 bits per heavy atom. The Morgan fingerprint density at radius 3 is 2.59 bits per heavy atom. The van der Waals surface area contributed by atoms with Crippen LogP contribution < -0.4 is 15.4 Å². The number of nitrogens with zero attached hydrogens (tertiary/aromatic N) is 3. The number of amides is 2. The highest BCUT2D eigenvalue weighted by molar-refractivity contribution is 6.00. The van der Waals surface area contributed by atoms with Gasteiger partial charge in [-0.3, -0.25) is 15.3 Å². The lowest BCUT2D eigenvalue weighted by atomic mass is 10.1. The zero-order chi connectivity index (χ0) is 20.9. The predicted molar refractivity (Wildman–Crippen MR) is 99.4 cm³/mol. The third kappa shape index (κ3) is 5.64. The summed E-state index contributed by atoms with van der Waals surface area (Å²) in [4.78, 5) is 24.1. The van der Waals surface area contributed by atoms with Crippen LogP contribution in [-0.2, 0) is 12.8 Å². The van der Waals surface area contributed by atoms with E-state index in [1.165, 1.54) is 12.4 Å². The lowest BCUT2D eigenvalue weighted by Gasteiger charge is -2.15. The van der Waals surface area contributed by atoms with Crippen molar-refractivity contribution in [2.75, 3.05) is 10.6 Å². The summed E-state index contributed by atoms with van der Waals surface area (Å²) in [5, 5.41) is 4.77. The third-order valence-corrected chi connectivity index (χ3v) is 3.69. The molecule has 2 amide bonds. The molecule has 10 heteroatoms. The number of halogens is 3. The van der Waals surface area contributed by atoms with Crippen molar-refractivity contribution in [2.45, 2.75) is 19.7 Å². The van der Waals surface area contributed by atoms with Crippen molar-refractivity contribution in [3.05, 3.63) is 71.9 Å². The van der Waals surface area contributed by atoms with Crippen LogP contribution in [0.3, 0.4) is 0 Å². The summed E-state index contributed by atoms with van der Waals surface area (Å²) in [6.45, 7) is 1.80. The molecule has 0 aliphatic carbocycles. The molecule has 0 aliphatic rings. The second-order valence-electron chi connectivity index (χ2n) is 5.98. The first-order valence-corrected chi connectivity index (χ1v) is 8.41. The molecule has 7 nitrogen and oxygen atoms in total. The van der Waals surface area contributed by atoms with E-state index in [0.29, 0.717) is 5.69 Å². The van der Waals surface area contributed by atoms with Crippen LogP contribution in [0.4, 0.5) is 29.5 Å². The van der Waals surface area contributed by atoms with Gasteiger partial charge in [-0.25, -0.2) is 9.78 Å². The van der Waals surface area contributed by atoms with E-state index in [1.807, 2.05) is 0 Å². The number of carbonyl (C=O) groups excluding carboxylic acids is 1. The molecular formula is C19H16F3N5O2. The quantitative estimate of drug-likeness (QED) is 0.658. The molecule has 0 bridgehead atoms. The molecule has 2 aromatic heterocycles. The Bertz CT molecular complexity index is 979. The SMILES string of the molecule is Cc1cnc(NC(=O)Nc2cc(C(F)(F)F)ccc2OCc2cccnc2)cn1. The van der Waals surface area contributed by atoms with Gasteiger partial charge in [-0.05, 0) is 31.2 Å². The van der Waals surface area contributed by atoms with Gasteiger partial charge in [0.2, 0.25) is 0 Å². The molecule has 2 heterocycles. The first kappa shape index (κ1) is 20.1. The minimum atomic E-state index is -4.57. The molecule has 3 aromatic rings. The fraction of sp³-hybridized carbons (Fsp3) is 0.158. The highest BCUT2D eigenvalue weighted by atomic mass is 19.4. The van der Waals surface area contributed by atoms with Gasteiger partial charge in [-0.2, -0.15) is 13.2 Å². The lowest BCUT2D eigenvalue weighted by molar-refractivity contribution is -0.137. The molecule has 0 saturated heterocycles. The van der Waals surface area contributed by atoms with Crippen LogP contribution in [0, 0.1) is 6.92 Å². The van der Waals surface area contributed by atoms with Crippen LogP contribution in [-0.4, -0.2) is 21.0 Å². The Morgan fingerprint density at radius 2 is 1.93 bits per heavy atom. The van der Waals surface area contributed by atoms with Crippen molar-refractivity contribution in [1.29, 1.82) is 0 Å². The summed E-state index contributed by atoms with van der Waals surface area (Å²) in [6, 6.07) is 5.52. The number of benzene rings is 1. The average Bonchev–Trinajstić information content (AvgIpc) is 2.69. The van der Waals surface area contributed by atoms with Crippen LogP contribution >= 0.6 is 0 Å². The average molecular weight is 403 g/mol. The molecule has 150 valence electrons. The molecule has 0 unspecified atom stereocenters. The Hall–Kier alpha value is -3.69. The van der Waals surface area contributed by atoms with Crippen molar-refractivity contribution >= 4 is 17.5 Å². The van der Waals surface area contributed by atoms with E-state index >= 15 is 0 Å².